The van der Waals surface area contributed by atoms with Crippen LogP contribution in [0.1, 0.15) is 16.0 Å². The summed E-state index contributed by atoms with van der Waals surface area (Å²) in [6.07, 6.45) is 0. The standard InChI is InChI=1S/C15H18N2OS/c1-11-5-6-13(8-12(11)2)17(15(18)9-16)10-14-4-3-7-19-14/h3-8H,9-10,16H2,1-2H3. The molecule has 4 heteroatoms. The van der Waals surface area contributed by atoms with Gasteiger partial charge in [0.15, 0.2) is 0 Å². The molecule has 0 saturated heterocycles. The smallest absolute Gasteiger partial charge is 0.241 e. The van der Waals surface area contributed by atoms with Gasteiger partial charge in [-0.1, -0.05) is 12.1 Å². The van der Waals surface area contributed by atoms with Gasteiger partial charge in [0.05, 0.1) is 13.1 Å². The number of aryl methyl sites for hydroxylation is 2. The van der Waals surface area contributed by atoms with Gasteiger partial charge in [-0.3, -0.25) is 4.79 Å². The molecule has 1 amide bonds. The summed E-state index contributed by atoms with van der Waals surface area (Å²) in [6, 6.07) is 10.1. The second kappa shape index (κ2) is 5.99. The van der Waals surface area contributed by atoms with E-state index < -0.39 is 0 Å². The monoisotopic (exact) mass is 274 g/mol. The molecule has 0 aliphatic rings. The summed E-state index contributed by atoms with van der Waals surface area (Å²) < 4.78 is 0. The van der Waals surface area contributed by atoms with Crippen LogP contribution in [0.3, 0.4) is 0 Å². The van der Waals surface area contributed by atoms with Crippen LogP contribution in [0.4, 0.5) is 5.69 Å². The van der Waals surface area contributed by atoms with E-state index in [4.69, 9.17) is 5.73 Å². The second-order valence-electron chi connectivity index (χ2n) is 4.53. The Hall–Kier alpha value is -1.65. The van der Waals surface area contributed by atoms with Crippen molar-refractivity contribution in [2.24, 2.45) is 5.73 Å². The van der Waals surface area contributed by atoms with E-state index >= 15 is 0 Å². The van der Waals surface area contributed by atoms with E-state index in [0.717, 1.165) is 10.6 Å². The van der Waals surface area contributed by atoms with E-state index in [9.17, 15) is 4.79 Å². The Morgan fingerprint density at radius 1 is 1.26 bits per heavy atom. The molecule has 19 heavy (non-hydrogen) atoms. The van der Waals surface area contributed by atoms with Gasteiger partial charge in [-0.25, -0.2) is 0 Å². The number of hydrogen-bond acceptors (Lipinski definition) is 3. The fourth-order valence-electron chi connectivity index (χ4n) is 1.89. The minimum atomic E-state index is -0.0587. The molecule has 1 aromatic heterocycles. The molecule has 1 aromatic carbocycles. The van der Waals surface area contributed by atoms with E-state index in [2.05, 4.69) is 13.8 Å². The Labute approximate surface area is 117 Å². The number of hydrogen-bond donors (Lipinski definition) is 1. The predicted octanol–water partition coefficient (Wildman–Crippen LogP) is 2.86. The number of carbonyl (C=O) groups is 1. The van der Waals surface area contributed by atoms with Gasteiger partial charge < -0.3 is 10.6 Å². The van der Waals surface area contributed by atoms with Gasteiger partial charge in [0, 0.05) is 10.6 Å². The molecule has 2 N–H and O–H groups in total. The van der Waals surface area contributed by atoms with Crippen molar-refractivity contribution in [1.29, 1.82) is 0 Å². The predicted molar refractivity (Wildman–Crippen MR) is 80.5 cm³/mol. The number of nitrogens with two attached hydrogens (primary N) is 1. The maximum absolute atomic E-state index is 12.0. The lowest BCUT2D eigenvalue weighted by Gasteiger charge is -2.22. The third kappa shape index (κ3) is 3.22. The molecule has 0 aliphatic heterocycles. The van der Waals surface area contributed by atoms with E-state index in [0.29, 0.717) is 6.54 Å². The van der Waals surface area contributed by atoms with Crippen LogP contribution in [0.2, 0.25) is 0 Å². The van der Waals surface area contributed by atoms with Crippen LogP contribution in [0.25, 0.3) is 0 Å². The average Bonchev–Trinajstić information content (AvgIpc) is 2.91. The highest BCUT2D eigenvalue weighted by Crippen LogP contribution is 2.22. The molecule has 0 aliphatic carbocycles. The third-order valence-electron chi connectivity index (χ3n) is 3.17. The van der Waals surface area contributed by atoms with Gasteiger partial charge in [0.2, 0.25) is 5.91 Å². The Bertz CT molecular complexity index is 564. The molecule has 100 valence electrons. The summed E-state index contributed by atoms with van der Waals surface area (Å²) in [5.74, 6) is -0.0587. The van der Waals surface area contributed by atoms with Crippen molar-refractivity contribution < 1.29 is 4.79 Å². The first-order valence-electron chi connectivity index (χ1n) is 6.22. The molecule has 0 saturated carbocycles. The highest BCUT2D eigenvalue weighted by molar-refractivity contribution is 7.09. The van der Waals surface area contributed by atoms with Crippen LogP contribution in [0.15, 0.2) is 35.7 Å². The van der Waals surface area contributed by atoms with Gasteiger partial charge in [-0.05, 0) is 48.6 Å². The van der Waals surface area contributed by atoms with Crippen molar-refractivity contribution >= 4 is 22.9 Å². The van der Waals surface area contributed by atoms with Crippen LogP contribution in [0, 0.1) is 13.8 Å². The van der Waals surface area contributed by atoms with E-state index in [1.54, 1.807) is 16.2 Å². The summed E-state index contributed by atoms with van der Waals surface area (Å²) in [7, 11) is 0. The molecule has 0 radical (unpaired) electrons. The molecular formula is C15H18N2OS. The first kappa shape index (κ1) is 13.8. The lowest BCUT2D eigenvalue weighted by atomic mass is 10.1. The zero-order valence-corrected chi connectivity index (χ0v) is 12.0. The van der Waals surface area contributed by atoms with Gasteiger partial charge in [0.1, 0.15) is 0 Å². The third-order valence-corrected chi connectivity index (χ3v) is 4.03. The number of rotatable bonds is 4. The molecule has 2 aromatic rings. The van der Waals surface area contributed by atoms with E-state index in [-0.39, 0.29) is 12.5 Å². The summed E-state index contributed by atoms with van der Waals surface area (Å²) in [5.41, 5.74) is 8.83. The largest absolute Gasteiger partial charge is 0.322 e. The van der Waals surface area contributed by atoms with E-state index in [1.165, 1.54) is 11.1 Å². The summed E-state index contributed by atoms with van der Waals surface area (Å²) in [5, 5.41) is 2.01. The van der Waals surface area contributed by atoms with Crippen LogP contribution < -0.4 is 10.6 Å². The number of amides is 1. The van der Waals surface area contributed by atoms with Crippen molar-refractivity contribution in [3.8, 4) is 0 Å². The SMILES string of the molecule is Cc1ccc(N(Cc2cccs2)C(=O)CN)cc1C. The van der Waals surface area contributed by atoms with Crippen LogP contribution in [0.5, 0.6) is 0 Å². The van der Waals surface area contributed by atoms with E-state index in [1.807, 2.05) is 35.7 Å². The van der Waals surface area contributed by atoms with Crippen molar-refractivity contribution in [1.82, 2.24) is 0 Å². The fraction of sp³-hybridized carbons (Fsp3) is 0.267. The minimum Gasteiger partial charge on any atom is -0.322 e. The quantitative estimate of drug-likeness (QED) is 0.932. The summed E-state index contributed by atoms with van der Waals surface area (Å²) in [6.45, 7) is 4.72. The van der Waals surface area contributed by atoms with Crippen molar-refractivity contribution in [2.45, 2.75) is 20.4 Å². The molecule has 0 fully saturated rings. The highest BCUT2D eigenvalue weighted by Gasteiger charge is 2.15. The lowest BCUT2D eigenvalue weighted by Crippen LogP contribution is -2.35. The molecule has 2 rings (SSSR count). The minimum absolute atomic E-state index is 0.0261. The molecular weight excluding hydrogens is 256 g/mol. The first-order valence-corrected chi connectivity index (χ1v) is 7.10. The van der Waals surface area contributed by atoms with Gasteiger partial charge in [-0.2, -0.15) is 0 Å². The molecule has 0 bridgehead atoms. The maximum atomic E-state index is 12.0. The average molecular weight is 274 g/mol. The number of anilines is 1. The Morgan fingerprint density at radius 2 is 2.05 bits per heavy atom. The Kier molecular flexibility index (Phi) is 4.35. The van der Waals surface area contributed by atoms with Gasteiger partial charge >= 0.3 is 0 Å². The zero-order chi connectivity index (χ0) is 13.8. The van der Waals surface area contributed by atoms with Crippen molar-refractivity contribution in [3.05, 3.63) is 51.7 Å². The van der Waals surface area contributed by atoms with Crippen molar-refractivity contribution in [2.75, 3.05) is 11.4 Å². The zero-order valence-electron chi connectivity index (χ0n) is 11.2. The molecule has 0 unspecified atom stereocenters. The first-order chi connectivity index (χ1) is 9.11. The molecule has 1 heterocycles. The number of thiophene rings is 1. The topological polar surface area (TPSA) is 46.3 Å². The lowest BCUT2D eigenvalue weighted by molar-refractivity contribution is -0.117. The van der Waals surface area contributed by atoms with Crippen LogP contribution in [-0.4, -0.2) is 12.5 Å². The highest BCUT2D eigenvalue weighted by atomic mass is 32.1. The fourth-order valence-corrected chi connectivity index (χ4v) is 2.58. The van der Waals surface area contributed by atoms with Crippen LogP contribution >= 0.6 is 11.3 Å². The normalized spacial score (nSPS) is 10.5. The summed E-state index contributed by atoms with van der Waals surface area (Å²) in [4.78, 5) is 14.9. The Balaban J connectivity index is 2.31. The number of benzene rings is 1. The molecule has 0 atom stereocenters. The van der Waals surface area contributed by atoms with Crippen LogP contribution in [-0.2, 0) is 11.3 Å². The summed E-state index contributed by atoms with van der Waals surface area (Å²) >= 11 is 1.65. The maximum Gasteiger partial charge on any atom is 0.241 e. The number of carbonyl (C=O) groups excluding carboxylic acids is 1. The van der Waals surface area contributed by atoms with Gasteiger partial charge in [-0.15, -0.1) is 11.3 Å². The van der Waals surface area contributed by atoms with Gasteiger partial charge in [0.25, 0.3) is 0 Å². The molecule has 3 nitrogen and oxygen atoms in total. The second-order valence-corrected chi connectivity index (χ2v) is 5.56. The Morgan fingerprint density at radius 3 is 2.63 bits per heavy atom. The molecule has 0 spiro atoms. The van der Waals surface area contributed by atoms with Crippen molar-refractivity contribution in [3.63, 3.8) is 0 Å². The number of nitrogens with zero attached hydrogens (tertiary/aromatic N) is 1.